The zero-order chi connectivity index (χ0) is 25.7. The van der Waals surface area contributed by atoms with Crippen molar-refractivity contribution >= 4 is 12.1 Å². The minimum absolute atomic E-state index is 0.0757. The Morgan fingerprint density at radius 2 is 1.69 bits per heavy atom. The molecule has 1 fully saturated rings. The number of alkyl carbamates (subject to hydrolysis) is 1. The second-order valence-electron chi connectivity index (χ2n) is 10.3. The number of carboxylic acid groups (broad SMARTS) is 1. The largest absolute Gasteiger partial charge is 0.489 e. The predicted octanol–water partition coefficient (Wildman–Crippen LogP) is 6.46. The topological polar surface area (TPSA) is 84.9 Å². The number of hydrogen-bond acceptors (Lipinski definition) is 4. The van der Waals surface area contributed by atoms with Gasteiger partial charge in [-0.15, -0.1) is 0 Å². The highest BCUT2D eigenvalue weighted by molar-refractivity contribution is 5.71. The number of para-hydroxylation sites is 1. The highest BCUT2D eigenvalue weighted by Crippen LogP contribution is 2.42. The van der Waals surface area contributed by atoms with Gasteiger partial charge in [0.05, 0.1) is 6.42 Å². The number of rotatable bonds is 9. The van der Waals surface area contributed by atoms with Crippen LogP contribution in [0.5, 0.6) is 5.75 Å². The molecule has 1 saturated carbocycles. The zero-order valence-electron chi connectivity index (χ0n) is 21.0. The molecule has 3 aromatic carbocycles. The van der Waals surface area contributed by atoms with Crippen molar-refractivity contribution in [2.75, 3.05) is 0 Å². The van der Waals surface area contributed by atoms with E-state index in [1.807, 2.05) is 51.1 Å². The molecule has 2 N–H and O–H groups in total. The summed E-state index contributed by atoms with van der Waals surface area (Å²) >= 11 is 0. The molecule has 0 unspecified atom stereocenters. The highest BCUT2D eigenvalue weighted by atomic mass is 16.6. The van der Waals surface area contributed by atoms with Crippen molar-refractivity contribution < 1.29 is 24.2 Å². The van der Waals surface area contributed by atoms with Crippen LogP contribution in [0, 0.1) is 0 Å². The molecule has 0 atom stereocenters. The maximum atomic E-state index is 12.1. The maximum absolute atomic E-state index is 12.1. The van der Waals surface area contributed by atoms with Crippen LogP contribution in [0.25, 0.3) is 11.1 Å². The van der Waals surface area contributed by atoms with Crippen LogP contribution < -0.4 is 10.1 Å². The van der Waals surface area contributed by atoms with Crippen LogP contribution in [-0.2, 0) is 29.1 Å². The van der Waals surface area contributed by atoms with Crippen molar-refractivity contribution in [1.29, 1.82) is 0 Å². The first-order valence-electron chi connectivity index (χ1n) is 12.3. The summed E-state index contributed by atoms with van der Waals surface area (Å²) in [6.07, 6.45) is 1.86. The standard InChI is InChI=1S/C30H33NO5/c1-30(2,3)36-29(34)31-18-20-7-6-9-23(13-20)26-15-21(14-25(16-26)22-11-12-22)19-35-27-10-5-4-8-24(27)17-28(32)33/h4-10,13-16,22H,11-12,17-19H2,1-3H3,(H,31,34)(H,32,33). The van der Waals surface area contributed by atoms with Crippen LogP contribution in [0.1, 0.15) is 61.8 Å². The molecule has 188 valence electrons. The van der Waals surface area contributed by atoms with Gasteiger partial charge in [-0.1, -0.05) is 48.5 Å². The molecule has 1 aliphatic carbocycles. The van der Waals surface area contributed by atoms with E-state index in [1.165, 1.54) is 18.4 Å². The Bertz CT molecular complexity index is 1240. The van der Waals surface area contributed by atoms with Crippen molar-refractivity contribution in [3.05, 3.63) is 89.0 Å². The predicted molar refractivity (Wildman–Crippen MR) is 139 cm³/mol. The van der Waals surface area contributed by atoms with Crippen molar-refractivity contribution in [3.8, 4) is 16.9 Å². The lowest BCUT2D eigenvalue weighted by molar-refractivity contribution is -0.136. The fraction of sp³-hybridized carbons (Fsp3) is 0.333. The average Bonchev–Trinajstić information content (AvgIpc) is 3.67. The first-order chi connectivity index (χ1) is 17.2. The molecule has 0 heterocycles. The average molecular weight is 488 g/mol. The summed E-state index contributed by atoms with van der Waals surface area (Å²) in [6, 6.07) is 21.9. The Hall–Kier alpha value is -3.80. The van der Waals surface area contributed by atoms with Crippen LogP contribution in [-0.4, -0.2) is 22.8 Å². The van der Waals surface area contributed by atoms with E-state index in [1.54, 1.807) is 6.07 Å². The van der Waals surface area contributed by atoms with E-state index < -0.39 is 17.7 Å². The lowest BCUT2D eigenvalue weighted by atomic mass is 9.97. The van der Waals surface area contributed by atoms with Crippen LogP contribution in [0.4, 0.5) is 4.79 Å². The maximum Gasteiger partial charge on any atom is 0.407 e. The van der Waals surface area contributed by atoms with E-state index in [2.05, 4.69) is 35.6 Å². The number of ether oxygens (including phenoxy) is 2. The van der Waals surface area contributed by atoms with E-state index >= 15 is 0 Å². The van der Waals surface area contributed by atoms with Gasteiger partial charge in [0, 0.05) is 12.1 Å². The molecule has 1 amide bonds. The molecule has 0 bridgehead atoms. The Balaban J connectivity index is 1.51. The number of carbonyl (C=O) groups excluding carboxylic acids is 1. The van der Waals surface area contributed by atoms with Crippen molar-refractivity contribution in [3.63, 3.8) is 0 Å². The number of amides is 1. The van der Waals surface area contributed by atoms with Gasteiger partial charge in [0.1, 0.15) is 18.0 Å². The monoisotopic (exact) mass is 487 g/mol. The first kappa shape index (κ1) is 25.3. The number of aliphatic carboxylic acids is 1. The molecule has 1 aliphatic rings. The summed E-state index contributed by atoms with van der Waals surface area (Å²) in [4.78, 5) is 23.3. The Kier molecular flexibility index (Phi) is 7.63. The van der Waals surface area contributed by atoms with Gasteiger partial charge < -0.3 is 19.9 Å². The van der Waals surface area contributed by atoms with Crippen molar-refractivity contribution in [2.24, 2.45) is 0 Å². The summed E-state index contributed by atoms with van der Waals surface area (Å²) < 4.78 is 11.4. The normalized spacial score (nSPS) is 13.2. The minimum atomic E-state index is -0.884. The molecule has 0 spiro atoms. The molecule has 6 heteroatoms. The van der Waals surface area contributed by atoms with E-state index in [0.29, 0.717) is 30.4 Å². The van der Waals surface area contributed by atoms with E-state index in [4.69, 9.17) is 9.47 Å². The van der Waals surface area contributed by atoms with Crippen LogP contribution in [0.3, 0.4) is 0 Å². The van der Waals surface area contributed by atoms with Gasteiger partial charge in [0.15, 0.2) is 0 Å². The number of carbonyl (C=O) groups is 2. The van der Waals surface area contributed by atoms with Gasteiger partial charge in [-0.2, -0.15) is 0 Å². The van der Waals surface area contributed by atoms with Crippen molar-refractivity contribution in [1.82, 2.24) is 5.32 Å². The van der Waals surface area contributed by atoms with E-state index in [9.17, 15) is 14.7 Å². The number of carboxylic acids is 1. The minimum Gasteiger partial charge on any atom is -0.489 e. The third-order valence-corrected chi connectivity index (χ3v) is 5.87. The molecular formula is C30H33NO5. The summed E-state index contributed by atoms with van der Waals surface area (Å²) in [5.74, 6) is 0.276. The zero-order valence-corrected chi connectivity index (χ0v) is 21.0. The van der Waals surface area contributed by atoms with E-state index in [-0.39, 0.29) is 6.42 Å². The van der Waals surface area contributed by atoms with Crippen LogP contribution in [0.15, 0.2) is 66.7 Å². The third-order valence-electron chi connectivity index (χ3n) is 5.87. The summed E-state index contributed by atoms with van der Waals surface area (Å²) in [7, 11) is 0. The molecule has 3 aromatic rings. The van der Waals surface area contributed by atoms with Crippen LogP contribution >= 0.6 is 0 Å². The van der Waals surface area contributed by atoms with Gasteiger partial charge in [-0.3, -0.25) is 4.79 Å². The second kappa shape index (κ2) is 10.9. The Labute approximate surface area is 212 Å². The SMILES string of the molecule is CC(C)(C)OC(=O)NCc1cccc(-c2cc(COc3ccccc3CC(=O)O)cc(C3CC3)c2)c1. The van der Waals surface area contributed by atoms with E-state index in [0.717, 1.165) is 22.3 Å². The molecule has 0 aliphatic heterocycles. The summed E-state index contributed by atoms with van der Waals surface area (Å²) in [5, 5.41) is 12.0. The molecule has 6 nitrogen and oxygen atoms in total. The van der Waals surface area contributed by atoms with Gasteiger partial charge >= 0.3 is 12.1 Å². The smallest absolute Gasteiger partial charge is 0.407 e. The molecule has 0 radical (unpaired) electrons. The number of hydrogen-bond donors (Lipinski definition) is 2. The fourth-order valence-electron chi connectivity index (χ4n) is 4.08. The van der Waals surface area contributed by atoms with Gasteiger partial charge in [-0.05, 0) is 85.5 Å². The molecule has 0 saturated heterocycles. The number of nitrogens with one attached hydrogen (secondary N) is 1. The van der Waals surface area contributed by atoms with Gasteiger partial charge in [0.2, 0.25) is 0 Å². The fourth-order valence-corrected chi connectivity index (χ4v) is 4.08. The first-order valence-corrected chi connectivity index (χ1v) is 12.3. The van der Waals surface area contributed by atoms with Gasteiger partial charge in [0.25, 0.3) is 0 Å². The summed E-state index contributed by atoms with van der Waals surface area (Å²) in [5.41, 5.74) is 5.59. The lowest BCUT2D eigenvalue weighted by Crippen LogP contribution is -2.32. The second-order valence-corrected chi connectivity index (χ2v) is 10.3. The Morgan fingerprint density at radius 1 is 0.944 bits per heavy atom. The highest BCUT2D eigenvalue weighted by Gasteiger charge is 2.24. The number of benzene rings is 3. The quantitative estimate of drug-likeness (QED) is 0.362. The lowest BCUT2D eigenvalue weighted by Gasteiger charge is -2.19. The molecule has 4 rings (SSSR count). The van der Waals surface area contributed by atoms with Crippen molar-refractivity contribution in [2.45, 2.75) is 64.7 Å². The third kappa shape index (κ3) is 7.35. The Morgan fingerprint density at radius 3 is 2.42 bits per heavy atom. The molecular weight excluding hydrogens is 454 g/mol. The van der Waals surface area contributed by atoms with Gasteiger partial charge in [-0.25, -0.2) is 4.79 Å². The molecule has 0 aromatic heterocycles. The molecule has 36 heavy (non-hydrogen) atoms. The van der Waals surface area contributed by atoms with Crippen LogP contribution in [0.2, 0.25) is 0 Å². The summed E-state index contributed by atoms with van der Waals surface area (Å²) in [6.45, 7) is 6.25.